The Morgan fingerprint density at radius 1 is 1.46 bits per heavy atom. The fourth-order valence-electron chi connectivity index (χ4n) is 1.53. The molecule has 1 fully saturated rings. The van der Waals surface area contributed by atoms with E-state index in [0.29, 0.717) is 5.02 Å². The normalized spacial score (nSPS) is 18.7. The van der Waals surface area contributed by atoms with Gasteiger partial charge in [0.2, 0.25) is 0 Å². The summed E-state index contributed by atoms with van der Waals surface area (Å²) in [5.41, 5.74) is 1.06. The van der Waals surface area contributed by atoms with Crippen LogP contribution in [0.2, 0.25) is 5.02 Å². The Morgan fingerprint density at radius 3 is 2.69 bits per heavy atom. The molecule has 1 aromatic rings. The van der Waals surface area contributed by atoms with Gasteiger partial charge in [-0.15, -0.1) is 0 Å². The molecule has 0 aliphatic heterocycles. The minimum absolute atomic E-state index is 0.110. The maximum Gasteiger partial charge on any atom is 0.123 e. The summed E-state index contributed by atoms with van der Waals surface area (Å²) in [6.45, 7) is 0. The van der Waals surface area contributed by atoms with E-state index < -0.39 is 0 Å². The number of hydrogen-bond acceptors (Lipinski definition) is 0. The SMILES string of the molecule is Fc1ccc(Cl)c(C2(CBr)CC2)c1. The van der Waals surface area contributed by atoms with Crippen molar-refractivity contribution in [2.24, 2.45) is 0 Å². The van der Waals surface area contributed by atoms with Crippen molar-refractivity contribution in [1.82, 2.24) is 0 Å². The standard InChI is InChI=1S/C10H9BrClF/c11-6-10(3-4-10)8-5-7(13)1-2-9(8)12/h1-2,5H,3-4,6H2. The van der Waals surface area contributed by atoms with Gasteiger partial charge in [-0.3, -0.25) is 0 Å². The third-order valence-corrected chi connectivity index (χ3v) is 4.01. The van der Waals surface area contributed by atoms with Crippen LogP contribution in [0.3, 0.4) is 0 Å². The molecular weight excluding hydrogens is 254 g/mol. The number of hydrogen-bond donors (Lipinski definition) is 0. The highest BCUT2D eigenvalue weighted by atomic mass is 79.9. The Hall–Kier alpha value is -0.0800. The van der Waals surface area contributed by atoms with E-state index in [-0.39, 0.29) is 11.2 Å². The number of rotatable bonds is 2. The van der Waals surface area contributed by atoms with Crippen molar-refractivity contribution in [2.75, 3.05) is 5.33 Å². The van der Waals surface area contributed by atoms with Crippen LogP contribution in [0, 0.1) is 5.82 Å². The Labute approximate surface area is 90.2 Å². The van der Waals surface area contributed by atoms with Crippen molar-refractivity contribution in [2.45, 2.75) is 18.3 Å². The summed E-state index contributed by atoms with van der Waals surface area (Å²) in [5.74, 6) is -0.202. The summed E-state index contributed by atoms with van der Waals surface area (Å²) < 4.78 is 13.0. The smallest absolute Gasteiger partial charge is 0.123 e. The summed E-state index contributed by atoms with van der Waals surface area (Å²) in [7, 11) is 0. The molecular formula is C10H9BrClF. The quantitative estimate of drug-likeness (QED) is 0.710. The second-order valence-electron chi connectivity index (χ2n) is 3.54. The fraction of sp³-hybridized carbons (Fsp3) is 0.400. The first kappa shape index (κ1) is 9.47. The van der Waals surface area contributed by atoms with Gasteiger partial charge in [-0.2, -0.15) is 0 Å². The van der Waals surface area contributed by atoms with E-state index in [0.717, 1.165) is 23.7 Å². The maximum absolute atomic E-state index is 13.0. The van der Waals surface area contributed by atoms with Crippen LogP contribution in [0.25, 0.3) is 0 Å². The molecule has 0 heterocycles. The molecule has 0 nitrogen and oxygen atoms in total. The van der Waals surface area contributed by atoms with Crippen LogP contribution in [-0.4, -0.2) is 5.33 Å². The van der Waals surface area contributed by atoms with E-state index in [1.807, 2.05) is 0 Å². The molecule has 0 aromatic heterocycles. The summed E-state index contributed by atoms with van der Waals surface area (Å²) in [5, 5.41) is 1.54. The van der Waals surface area contributed by atoms with Gasteiger partial charge in [-0.25, -0.2) is 4.39 Å². The molecule has 0 spiro atoms. The maximum atomic E-state index is 13.0. The molecule has 3 heteroatoms. The zero-order chi connectivity index (χ0) is 9.47. The number of alkyl halides is 1. The molecule has 0 saturated heterocycles. The van der Waals surface area contributed by atoms with Crippen molar-refractivity contribution in [3.8, 4) is 0 Å². The van der Waals surface area contributed by atoms with E-state index in [1.165, 1.54) is 6.07 Å². The largest absolute Gasteiger partial charge is 0.207 e. The Balaban J connectivity index is 2.44. The molecule has 1 aliphatic rings. The molecule has 0 N–H and O–H groups in total. The highest BCUT2D eigenvalue weighted by molar-refractivity contribution is 9.09. The van der Waals surface area contributed by atoms with Crippen molar-refractivity contribution in [1.29, 1.82) is 0 Å². The predicted octanol–water partition coefficient (Wildman–Crippen LogP) is 3.91. The first-order valence-electron chi connectivity index (χ1n) is 4.19. The minimum Gasteiger partial charge on any atom is -0.207 e. The van der Waals surface area contributed by atoms with Crippen LogP contribution in [-0.2, 0) is 5.41 Å². The molecule has 0 unspecified atom stereocenters. The molecule has 0 amide bonds. The van der Waals surface area contributed by atoms with Crippen molar-refractivity contribution in [3.05, 3.63) is 34.6 Å². The highest BCUT2D eigenvalue weighted by Crippen LogP contribution is 2.51. The van der Waals surface area contributed by atoms with E-state index in [4.69, 9.17) is 11.6 Å². The van der Waals surface area contributed by atoms with E-state index >= 15 is 0 Å². The molecule has 1 saturated carbocycles. The molecule has 13 heavy (non-hydrogen) atoms. The highest BCUT2D eigenvalue weighted by Gasteiger charge is 2.44. The third-order valence-electron chi connectivity index (χ3n) is 2.61. The van der Waals surface area contributed by atoms with E-state index in [2.05, 4.69) is 15.9 Å². The Kier molecular flexibility index (Phi) is 2.37. The van der Waals surface area contributed by atoms with Crippen LogP contribution in [0.15, 0.2) is 18.2 Å². The molecule has 0 atom stereocenters. The minimum atomic E-state index is -0.202. The summed E-state index contributed by atoms with van der Waals surface area (Å²) in [6, 6.07) is 4.59. The van der Waals surface area contributed by atoms with Crippen molar-refractivity contribution < 1.29 is 4.39 Å². The van der Waals surface area contributed by atoms with Gasteiger partial charge < -0.3 is 0 Å². The number of benzene rings is 1. The molecule has 1 aliphatic carbocycles. The van der Waals surface area contributed by atoms with Crippen molar-refractivity contribution in [3.63, 3.8) is 0 Å². The van der Waals surface area contributed by atoms with Gasteiger partial charge in [0.1, 0.15) is 5.82 Å². The Bertz CT molecular complexity index is 334. The lowest BCUT2D eigenvalue weighted by Gasteiger charge is -2.13. The summed E-state index contributed by atoms with van der Waals surface area (Å²) in [6.07, 6.45) is 2.20. The van der Waals surface area contributed by atoms with Gasteiger partial charge in [0, 0.05) is 15.8 Å². The molecule has 2 rings (SSSR count). The average Bonchev–Trinajstić information content (AvgIpc) is 2.90. The lowest BCUT2D eigenvalue weighted by atomic mass is 9.98. The van der Waals surface area contributed by atoms with Crippen molar-refractivity contribution >= 4 is 27.5 Å². The first-order chi connectivity index (χ1) is 6.18. The van der Waals surface area contributed by atoms with Gasteiger partial charge in [0.05, 0.1) is 0 Å². The lowest BCUT2D eigenvalue weighted by Crippen LogP contribution is -2.08. The topological polar surface area (TPSA) is 0 Å². The van der Waals surface area contributed by atoms with Crippen LogP contribution in [0.1, 0.15) is 18.4 Å². The van der Waals surface area contributed by atoms with Gasteiger partial charge in [-0.05, 0) is 36.6 Å². The van der Waals surface area contributed by atoms with Gasteiger partial charge in [0.15, 0.2) is 0 Å². The average molecular weight is 264 g/mol. The molecule has 0 bridgehead atoms. The van der Waals surface area contributed by atoms with Crippen LogP contribution in [0.4, 0.5) is 4.39 Å². The van der Waals surface area contributed by atoms with Crippen LogP contribution < -0.4 is 0 Å². The zero-order valence-electron chi connectivity index (χ0n) is 6.99. The van der Waals surface area contributed by atoms with Crippen LogP contribution in [0.5, 0.6) is 0 Å². The van der Waals surface area contributed by atoms with Gasteiger partial charge in [-0.1, -0.05) is 27.5 Å². The van der Waals surface area contributed by atoms with Gasteiger partial charge >= 0.3 is 0 Å². The monoisotopic (exact) mass is 262 g/mol. The number of halogens is 3. The van der Waals surface area contributed by atoms with Gasteiger partial charge in [0.25, 0.3) is 0 Å². The molecule has 1 aromatic carbocycles. The molecule has 70 valence electrons. The lowest BCUT2D eigenvalue weighted by molar-refractivity contribution is 0.621. The Morgan fingerprint density at radius 2 is 2.15 bits per heavy atom. The summed E-state index contributed by atoms with van der Waals surface area (Å²) in [4.78, 5) is 0. The second-order valence-corrected chi connectivity index (χ2v) is 4.51. The fourth-order valence-corrected chi connectivity index (χ4v) is 2.71. The third kappa shape index (κ3) is 1.62. The van der Waals surface area contributed by atoms with E-state index in [1.54, 1.807) is 12.1 Å². The first-order valence-corrected chi connectivity index (χ1v) is 5.69. The van der Waals surface area contributed by atoms with E-state index in [9.17, 15) is 4.39 Å². The second kappa shape index (κ2) is 3.25. The summed E-state index contributed by atoms with van der Waals surface area (Å²) >= 11 is 9.46. The molecule has 0 radical (unpaired) electrons. The zero-order valence-corrected chi connectivity index (χ0v) is 9.33. The predicted molar refractivity (Wildman–Crippen MR) is 56.1 cm³/mol. The van der Waals surface area contributed by atoms with Crippen LogP contribution >= 0.6 is 27.5 Å².